The largest absolute Gasteiger partial charge is 0.469 e. The van der Waals surface area contributed by atoms with Gasteiger partial charge in [0.25, 0.3) is 5.91 Å². The van der Waals surface area contributed by atoms with Gasteiger partial charge in [0.15, 0.2) is 0 Å². The van der Waals surface area contributed by atoms with Gasteiger partial charge >= 0.3 is 0 Å². The molecule has 2 amide bonds. The number of amides is 2. The maximum Gasteiger partial charge on any atom is 0.258 e. The van der Waals surface area contributed by atoms with Crippen LogP contribution in [0.1, 0.15) is 40.6 Å². The zero-order valence-corrected chi connectivity index (χ0v) is 21.4. The molecule has 3 atom stereocenters. The number of benzene rings is 2. The van der Waals surface area contributed by atoms with Gasteiger partial charge in [0, 0.05) is 45.6 Å². The lowest BCUT2D eigenvalue weighted by molar-refractivity contribution is -0.122. The van der Waals surface area contributed by atoms with Crippen LogP contribution < -0.4 is 5.32 Å². The lowest BCUT2D eigenvalue weighted by Gasteiger charge is -2.25. The number of aryl methyl sites for hydroxylation is 1. The highest BCUT2D eigenvalue weighted by Gasteiger charge is 2.42. The molecule has 8 heteroatoms. The van der Waals surface area contributed by atoms with Gasteiger partial charge < -0.3 is 19.5 Å². The van der Waals surface area contributed by atoms with Crippen molar-refractivity contribution in [3.05, 3.63) is 94.7 Å². The van der Waals surface area contributed by atoms with Crippen LogP contribution in [0.15, 0.2) is 71.3 Å². The summed E-state index contributed by atoms with van der Waals surface area (Å²) in [4.78, 5) is 29.8. The van der Waals surface area contributed by atoms with Crippen molar-refractivity contribution in [3.8, 4) is 0 Å². The zero-order valence-electron chi connectivity index (χ0n) is 20.6. The maximum atomic E-state index is 14.3. The number of halogens is 2. The second kappa shape index (κ2) is 11.5. The number of hydrogen-bond donors (Lipinski definition) is 1. The van der Waals surface area contributed by atoms with E-state index in [0.717, 1.165) is 37.4 Å². The molecule has 3 heterocycles. The summed E-state index contributed by atoms with van der Waals surface area (Å²) in [7, 11) is 0. The Balaban J connectivity index is 1.14. The number of nitrogens with zero attached hydrogens (tertiary/aromatic N) is 2. The summed E-state index contributed by atoms with van der Waals surface area (Å²) >= 11 is 6.12. The summed E-state index contributed by atoms with van der Waals surface area (Å²) in [6.45, 7) is 3.82. The van der Waals surface area contributed by atoms with Crippen molar-refractivity contribution in [2.45, 2.75) is 25.3 Å². The molecular weight excluding hydrogens is 493 g/mol. The smallest absolute Gasteiger partial charge is 0.258 e. The average Bonchev–Trinajstić information content (AvgIpc) is 3.63. The summed E-state index contributed by atoms with van der Waals surface area (Å²) in [5, 5.41) is 3.37. The second-order valence-electron chi connectivity index (χ2n) is 9.99. The highest BCUT2D eigenvalue weighted by Crippen LogP contribution is 2.33. The van der Waals surface area contributed by atoms with Crippen LogP contribution in [0.4, 0.5) is 4.39 Å². The molecule has 2 aliphatic rings. The molecular formula is C29H31ClFN3O3. The predicted octanol–water partition coefficient (Wildman–Crippen LogP) is 4.96. The van der Waals surface area contributed by atoms with Crippen LogP contribution in [0.3, 0.4) is 0 Å². The Labute approximate surface area is 221 Å². The molecule has 6 nitrogen and oxygen atoms in total. The van der Waals surface area contributed by atoms with Crippen molar-refractivity contribution in [2.75, 3.05) is 32.7 Å². The van der Waals surface area contributed by atoms with E-state index in [-0.39, 0.29) is 28.4 Å². The minimum atomic E-state index is -0.575. The Morgan fingerprint density at radius 1 is 1.00 bits per heavy atom. The van der Waals surface area contributed by atoms with E-state index >= 15 is 0 Å². The molecule has 0 bridgehead atoms. The summed E-state index contributed by atoms with van der Waals surface area (Å²) in [5.74, 6) is 0.615. The van der Waals surface area contributed by atoms with E-state index in [1.54, 1.807) is 17.2 Å². The summed E-state index contributed by atoms with van der Waals surface area (Å²) in [6, 6.07) is 18.0. The molecule has 5 rings (SSSR count). The highest BCUT2D eigenvalue weighted by molar-refractivity contribution is 6.33. The fourth-order valence-corrected chi connectivity index (χ4v) is 5.82. The third-order valence-corrected chi connectivity index (χ3v) is 7.79. The van der Waals surface area contributed by atoms with Crippen LogP contribution in [0, 0.1) is 17.7 Å². The fraction of sp³-hybridized carbons (Fsp3) is 0.379. The minimum Gasteiger partial charge on any atom is -0.469 e. The van der Waals surface area contributed by atoms with E-state index in [1.165, 1.54) is 12.1 Å². The van der Waals surface area contributed by atoms with Crippen molar-refractivity contribution in [1.29, 1.82) is 0 Å². The number of rotatable bonds is 9. The van der Waals surface area contributed by atoms with Gasteiger partial charge in [-0.2, -0.15) is 0 Å². The number of carbonyl (C=O) groups is 2. The first kappa shape index (κ1) is 25.5. The van der Waals surface area contributed by atoms with Crippen LogP contribution in [-0.2, 0) is 11.2 Å². The Morgan fingerprint density at radius 2 is 1.76 bits per heavy atom. The Hall–Kier alpha value is -3.16. The SMILES string of the molecule is O=C(CCc1ccco1)NC(CCN1CC2CN(C(=O)c3c(F)cccc3Cl)CC2C1)c1ccccc1. The molecule has 2 fully saturated rings. The molecule has 194 valence electrons. The predicted molar refractivity (Wildman–Crippen MR) is 140 cm³/mol. The van der Waals surface area contributed by atoms with E-state index in [4.69, 9.17) is 16.0 Å². The van der Waals surface area contributed by atoms with Crippen molar-refractivity contribution in [1.82, 2.24) is 15.1 Å². The number of likely N-dealkylation sites (tertiary alicyclic amines) is 2. The van der Waals surface area contributed by atoms with E-state index < -0.39 is 5.82 Å². The van der Waals surface area contributed by atoms with Gasteiger partial charge in [0.1, 0.15) is 11.6 Å². The molecule has 0 saturated carbocycles. The number of nitrogens with one attached hydrogen (secondary N) is 1. The number of furan rings is 1. The average molecular weight is 524 g/mol. The van der Waals surface area contributed by atoms with Crippen molar-refractivity contribution in [3.63, 3.8) is 0 Å². The Kier molecular flexibility index (Phi) is 7.91. The third-order valence-electron chi connectivity index (χ3n) is 7.48. The van der Waals surface area contributed by atoms with Crippen LogP contribution >= 0.6 is 11.6 Å². The number of fused-ring (bicyclic) bond motifs is 1. The molecule has 2 aliphatic heterocycles. The van der Waals surface area contributed by atoms with E-state index in [1.807, 2.05) is 42.5 Å². The molecule has 3 aromatic rings. The van der Waals surface area contributed by atoms with Crippen LogP contribution in [0.5, 0.6) is 0 Å². The number of carbonyl (C=O) groups excluding carboxylic acids is 2. The first-order valence-electron chi connectivity index (χ1n) is 12.8. The summed E-state index contributed by atoms with van der Waals surface area (Å²) in [6.07, 6.45) is 3.36. The lowest BCUT2D eigenvalue weighted by atomic mass is 10.0. The first-order valence-corrected chi connectivity index (χ1v) is 13.2. The molecule has 0 aliphatic carbocycles. The first-order chi connectivity index (χ1) is 18.0. The van der Waals surface area contributed by atoms with E-state index in [2.05, 4.69) is 10.2 Å². The molecule has 0 radical (unpaired) electrons. The summed E-state index contributed by atoms with van der Waals surface area (Å²) in [5.41, 5.74) is 1.06. The summed E-state index contributed by atoms with van der Waals surface area (Å²) < 4.78 is 19.6. The van der Waals surface area contributed by atoms with Crippen molar-refractivity contribution >= 4 is 23.4 Å². The standard InChI is InChI=1S/C29H31ClFN3O3/c30-24-9-4-10-25(31)28(24)29(36)34-18-21-16-33(17-22(21)19-34)14-13-26(20-6-2-1-3-7-20)32-27(35)12-11-23-8-5-15-37-23/h1-10,15,21-22,26H,11-14,16-19H2,(H,32,35). The van der Waals surface area contributed by atoms with Crippen LogP contribution in [-0.4, -0.2) is 54.3 Å². The highest BCUT2D eigenvalue weighted by atomic mass is 35.5. The zero-order chi connectivity index (χ0) is 25.8. The third kappa shape index (κ3) is 6.05. The van der Waals surface area contributed by atoms with Crippen molar-refractivity contribution in [2.24, 2.45) is 11.8 Å². The van der Waals surface area contributed by atoms with Crippen molar-refractivity contribution < 1.29 is 18.4 Å². The molecule has 37 heavy (non-hydrogen) atoms. The fourth-order valence-electron chi connectivity index (χ4n) is 5.58. The molecule has 1 N–H and O–H groups in total. The number of hydrogen-bond acceptors (Lipinski definition) is 4. The molecule has 2 saturated heterocycles. The van der Waals surface area contributed by atoms with Gasteiger partial charge in [-0.15, -0.1) is 0 Å². The van der Waals surface area contributed by atoms with Gasteiger partial charge in [-0.1, -0.05) is 48.0 Å². The van der Waals surface area contributed by atoms with Gasteiger partial charge in [-0.05, 0) is 48.1 Å². The van der Waals surface area contributed by atoms with E-state index in [0.29, 0.717) is 37.8 Å². The van der Waals surface area contributed by atoms with Gasteiger partial charge in [0.05, 0.1) is 22.9 Å². The quantitative estimate of drug-likeness (QED) is 0.431. The topological polar surface area (TPSA) is 65.8 Å². The normalized spacial score (nSPS) is 20.1. The molecule has 3 unspecified atom stereocenters. The second-order valence-corrected chi connectivity index (χ2v) is 10.4. The molecule has 1 aromatic heterocycles. The molecule has 2 aromatic carbocycles. The minimum absolute atomic E-state index is 0.00417. The van der Waals surface area contributed by atoms with Crippen LogP contribution in [0.25, 0.3) is 0 Å². The van der Waals surface area contributed by atoms with Gasteiger partial charge in [-0.25, -0.2) is 4.39 Å². The molecule has 0 spiro atoms. The van der Waals surface area contributed by atoms with E-state index in [9.17, 15) is 14.0 Å². The Morgan fingerprint density at radius 3 is 2.43 bits per heavy atom. The van der Waals surface area contributed by atoms with Crippen LogP contribution in [0.2, 0.25) is 5.02 Å². The van der Waals surface area contributed by atoms with Gasteiger partial charge in [-0.3, -0.25) is 9.59 Å². The Bertz CT molecular complexity index is 1190. The lowest BCUT2D eigenvalue weighted by Crippen LogP contribution is -2.35. The monoisotopic (exact) mass is 523 g/mol. The maximum absolute atomic E-state index is 14.3. The van der Waals surface area contributed by atoms with Gasteiger partial charge in [0.2, 0.25) is 5.91 Å².